The number of imidazole rings is 1. The number of aromatic nitrogens is 2. The Morgan fingerprint density at radius 2 is 2.29 bits per heavy atom. The second-order valence-corrected chi connectivity index (χ2v) is 7.77. The van der Waals surface area contributed by atoms with Crippen molar-refractivity contribution in [3.8, 4) is 0 Å². The zero-order valence-electron chi connectivity index (χ0n) is 15.3. The average Bonchev–Trinajstić information content (AvgIpc) is 2.96. The number of piperidine rings is 1. The molecular formula is C18H32N4O2. The predicted octanol–water partition coefficient (Wildman–Crippen LogP) is 2.18. The minimum atomic E-state index is -0.0665. The second-order valence-electron chi connectivity index (χ2n) is 7.77. The maximum atomic E-state index is 12.4. The van der Waals surface area contributed by atoms with E-state index in [1.807, 2.05) is 38.2 Å². The third-order valence-corrected chi connectivity index (χ3v) is 4.93. The van der Waals surface area contributed by atoms with Gasteiger partial charge in [0, 0.05) is 52.1 Å². The topological polar surface area (TPSA) is 70.4 Å². The van der Waals surface area contributed by atoms with Gasteiger partial charge in [0.1, 0.15) is 5.82 Å². The minimum absolute atomic E-state index is 0.0429. The molecule has 1 fully saturated rings. The lowest BCUT2D eigenvalue weighted by molar-refractivity contribution is 0.146. The number of hydrogen-bond acceptors (Lipinski definition) is 3. The SMILES string of the molecule is Cn1ccnc1CC1CCCN(C(=O)NCCCC(C)(C)CO)C1. The molecule has 0 spiro atoms. The van der Waals surface area contributed by atoms with Crippen LogP contribution < -0.4 is 5.32 Å². The van der Waals surface area contributed by atoms with E-state index in [2.05, 4.69) is 14.9 Å². The maximum Gasteiger partial charge on any atom is 0.317 e. The van der Waals surface area contributed by atoms with Crippen LogP contribution in [0.2, 0.25) is 0 Å². The smallest absolute Gasteiger partial charge is 0.317 e. The monoisotopic (exact) mass is 336 g/mol. The first-order valence-electron chi connectivity index (χ1n) is 9.01. The molecule has 1 atom stereocenters. The van der Waals surface area contributed by atoms with Gasteiger partial charge in [0.2, 0.25) is 0 Å². The van der Waals surface area contributed by atoms with Crippen molar-refractivity contribution in [3.63, 3.8) is 0 Å². The van der Waals surface area contributed by atoms with Crippen LogP contribution in [0.3, 0.4) is 0 Å². The van der Waals surface area contributed by atoms with Gasteiger partial charge in [-0.05, 0) is 37.0 Å². The number of urea groups is 1. The number of carbonyl (C=O) groups is 1. The van der Waals surface area contributed by atoms with Gasteiger partial charge in [-0.3, -0.25) is 0 Å². The third-order valence-electron chi connectivity index (χ3n) is 4.93. The van der Waals surface area contributed by atoms with Crippen LogP contribution >= 0.6 is 0 Å². The lowest BCUT2D eigenvalue weighted by Crippen LogP contribution is -2.46. The van der Waals surface area contributed by atoms with Crippen molar-refractivity contribution in [1.29, 1.82) is 0 Å². The normalized spacial score (nSPS) is 18.7. The zero-order valence-corrected chi connectivity index (χ0v) is 15.3. The van der Waals surface area contributed by atoms with Gasteiger partial charge in [-0.1, -0.05) is 13.8 Å². The van der Waals surface area contributed by atoms with Gasteiger partial charge in [0.15, 0.2) is 0 Å². The predicted molar refractivity (Wildman–Crippen MR) is 94.7 cm³/mol. The fourth-order valence-corrected chi connectivity index (χ4v) is 3.22. The molecule has 0 radical (unpaired) electrons. The van der Waals surface area contributed by atoms with E-state index in [1.165, 1.54) is 0 Å². The van der Waals surface area contributed by atoms with Crippen LogP contribution in [-0.4, -0.2) is 51.8 Å². The van der Waals surface area contributed by atoms with E-state index >= 15 is 0 Å². The van der Waals surface area contributed by atoms with Gasteiger partial charge in [-0.2, -0.15) is 0 Å². The van der Waals surface area contributed by atoms with Crippen molar-refractivity contribution in [2.45, 2.75) is 46.0 Å². The van der Waals surface area contributed by atoms with Crippen LogP contribution in [0.25, 0.3) is 0 Å². The molecule has 0 saturated carbocycles. The van der Waals surface area contributed by atoms with Crippen LogP contribution in [0, 0.1) is 11.3 Å². The number of likely N-dealkylation sites (tertiary alicyclic amines) is 1. The summed E-state index contributed by atoms with van der Waals surface area (Å²) in [5.41, 5.74) is -0.0665. The minimum Gasteiger partial charge on any atom is -0.396 e. The molecule has 0 aromatic carbocycles. The molecule has 1 unspecified atom stereocenters. The molecule has 2 rings (SSSR count). The van der Waals surface area contributed by atoms with E-state index in [0.29, 0.717) is 12.5 Å². The second kappa shape index (κ2) is 8.51. The molecule has 0 aliphatic carbocycles. The number of aliphatic hydroxyl groups is 1. The number of aryl methyl sites for hydroxylation is 1. The van der Waals surface area contributed by atoms with Gasteiger partial charge in [0.05, 0.1) is 0 Å². The van der Waals surface area contributed by atoms with Gasteiger partial charge in [-0.25, -0.2) is 9.78 Å². The molecule has 1 aromatic heterocycles. The van der Waals surface area contributed by atoms with Crippen molar-refractivity contribution >= 4 is 6.03 Å². The van der Waals surface area contributed by atoms with Gasteiger partial charge >= 0.3 is 6.03 Å². The first-order valence-corrected chi connectivity index (χ1v) is 9.01. The largest absolute Gasteiger partial charge is 0.396 e. The summed E-state index contributed by atoms with van der Waals surface area (Å²) in [6.07, 6.45) is 8.74. The van der Waals surface area contributed by atoms with Crippen LogP contribution in [-0.2, 0) is 13.5 Å². The molecule has 1 aliphatic rings. The van der Waals surface area contributed by atoms with E-state index in [1.54, 1.807) is 0 Å². The van der Waals surface area contributed by atoms with Gasteiger partial charge in [0.25, 0.3) is 0 Å². The number of nitrogens with one attached hydrogen (secondary N) is 1. The lowest BCUT2D eigenvalue weighted by atomic mass is 9.89. The Hall–Kier alpha value is -1.56. The van der Waals surface area contributed by atoms with Crippen molar-refractivity contribution in [2.75, 3.05) is 26.2 Å². The Balaban J connectivity index is 1.73. The molecule has 6 nitrogen and oxygen atoms in total. The summed E-state index contributed by atoms with van der Waals surface area (Å²) < 4.78 is 2.06. The maximum absolute atomic E-state index is 12.4. The van der Waals surface area contributed by atoms with Crippen LogP contribution in [0.4, 0.5) is 4.79 Å². The summed E-state index contributed by atoms with van der Waals surface area (Å²) in [5, 5.41) is 12.3. The number of carbonyl (C=O) groups excluding carboxylic acids is 1. The number of nitrogens with zero attached hydrogens (tertiary/aromatic N) is 3. The summed E-state index contributed by atoms with van der Waals surface area (Å²) in [6.45, 7) is 6.58. The Morgan fingerprint density at radius 1 is 1.50 bits per heavy atom. The van der Waals surface area contributed by atoms with Crippen LogP contribution in [0.15, 0.2) is 12.4 Å². The van der Waals surface area contributed by atoms with Crippen molar-refractivity contribution in [2.24, 2.45) is 18.4 Å². The molecule has 2 heterocycles. The number of rotatable bonds is 7. The van der Waals surface area contributed by atoms with Crippen molar-refractivity contribution < 1.29 is 9.90 Å². The number of hydrogen-bond donors (Lipinski definition) is 2. The highest BCUT2D eigenvalue weighted by molar-refractivity contribution is 5.74. The molecule has 1 saturated heterocycles. The van der Waals surface area contributed by atoms with Crippen LogP contribution in [0.5, 0.6) is 0 Å². The molecular weight excluding hydrogens is 304 g/mol. The molecule has 2 N–H and O–H groups in total. The highest BCUT2D eigenvalue weighted by Gasteiger charge is 2.24. The highest BCUT2D eigenvalue weighted by atomic mass is 16.3. The molecule has 24 heavy (non-hydrogen) atoms. The molecule has 2 amide bonds. The summed E-state index contributed by atoms with van der Waals surface area (Å²) in [4.78, 5) is 18.7. The first-order chi connectivity index (χ1) is 11.4. The summed E-state index contributed by atoms with van der Waals surface area (Å²) in [6, 6.07) is 0.0429. The van der Waals surface area contributed by atoms with Crippen molar-refractivity contribution in [1.82, 2.24) is 19.8 Å². The Bertz CT molecular complexity index is 527. The molecule has 1 aromatic rings. The quantitative estimate of drug-likeness (QED) is 0.750. The Labute approximate surface area is 145 Å². The zero-order chi connectivity index (χ0) is 17.6. The molecule has 0 bridgehead atoms. The number of amides is 2. The van der Waals surface area contributed by atoms with E-state index in [9.17, 15) is 9.90 Å². The van der Waals surface area contributed by atoms with Gasteiger partial charge in [-0.15, -0.1) is 0 Å². The van der Waals surface area contributed by atoms with Gasteiger partial charge < -0.3 is 19.9 Å². The summed E-state index contributed by atoms with van der Waals surface area (Å²) >= 11 is 0. The van der Waals surface area contributed by atoms with E-state index in [0.717, 1.165) is 51.0 Å². The average molecular weight is 336 g/mol. The molecule has 136 valence electrons. The highest BCUT2D eigenvalue weighted by Crippen LogP contribution is 2.21. The summed E-state index contributed by atoms with van der Waals surface area (Å²) in [7, 11) is 2.02. The van der Waals surface area contributed by atoms with Crippen molar-refractivity contribution in [3.05, 3.63) is 18.2 Å². The summed E-state index contributed by atoms with van der Waals surface area (Å²) in [5.74, 6) is 1.58. The third kappa shape index (κ3) is 5.51. The van der Waals surface area contributed by atoms with Crippen LogP contribution in [0.1, 0.15) is 45.4 Å². The molecule has 6 heteroatoms. The lowest BCUT2D eigenvalue weighted by Gasteiger charge is -2.32. The van der Waals surface area contributed by atoms with E-state index < -0.39 is 0 Å². The Morgan fingerprint density at radius 3 is 2.96 bits per heavy atom. The number of aliphatic hydroxyl groups excluding tert-OH is 1. The fourth-order valence-electron chi connectivity index (χ4n) is 3.22. The van der Waals surface area contributed by atoms with E-state index in [4.69, 9.17) is 0 Å². The molecule has 1 aliphatic heterocycles. The first kappa shape index (κ1) is 18.8. The Kier molecular flexibility index (Phi) is 6.66. The fraction of sp³-hybridized carbons (Fsp3) is 0.778. The van der Waals surface area contributed by atoms with E-state index in [-0.39, 0.29) is 18.1 Å². The standard InChI is InChI=1S/C18H32N4O2/c1-18(2,14-23)7-5-8-20-17(24)22-10-4-6-15(13-22)12-16-19-9-11-21(16)3/h9,11,15,23H,4-8,10,12-14H2,1-3H3,(H,20,24).